The van der Waals surface area contributed by atoms with E-state index in [2.05, 4.69) is 41.8 Å². The predicted molar refractivity (Wildman–Crippen MR) is 148 cm³/mol. The second-order valence-electron chi connectivity index (χ2n) is 9.07. The average molecular weight is 516 g/mol. The molecule has 3 aromatic carbocycles. The summed E-state index contributed by atoms with van der Waals surface area (Å²) in [7, 11) is 0. The fraction of sp³-hybridized carbons (Fsp3) is 0.233. The smallest absolute Gasteiger partial charge is 0.325 e. The highest BCUT2D eigenvalue weighted by Gasteiger charge is 2.34. The summed E-state index contributed by atoms with van der Waals surface area (Å²) in [5.41, 5.74) is 4.86. The molecule has 7 heteroatoms. The van der Waals surface area contributed by atoms with E-state index >= 15 is 0 Å². The van der Waals surface area contributed by atoms with Crippen molar-refractivity contribution in [2.24, 2.45) is 0 Å². The maximum atomic E-state index is 12.8. The molecule has 0 radical (unpaired) electrons. The van der Waals surface area contributed by atoms with Crippen LogP contribution in [-0.2, 0) is 16.0 Å². The van der Waals surface area contributed by atoms with Gasteiger partial charge in [-0.3, -0.25) is 9.59 Å². The first-order chi connectivity index (χ1) is 17.9. The van der Waals surface area contributed by atoms with Crippen LogP contribution >= 0.6 is 11.6 Å². The zero-order chi connectivity index (χ0) is 26.2. The summed E-state index contributed by atoms with van der Waals surface area (Å²) in [4.78, 5) is 38.5. The van der Waals surface area contributed by atoms with Crippen molar-refractivity contribution in [2.45, 2.75) is 39.0 Å². The van der Waals surface area contributed by atoms with Crippen molar-refractivity contribution < 1.29 is 14.4 Å². The molecule has 4 amide bonds. The van der Waals surface area contributed by atoms with E-state index in [1.54, 1.807) is 30.3 Å². The van der Waals surface area contributed by atoms with E-state index in [9.17, 15) is 14.4 Å². The number of hydrogen-bond acceptors (Lipinski definition) is 3. The molecule has 0 atom stereocenters. The number of imide groups is 1. The van der Waals surface area contributed by atoms with Crippen LogP contribution < -0.4 is 10.6 Å². The Kier molecular flexibility index (Phi) is 8.75. The Labute approximate surface area is 222 Å². The lowest BCUT2D eigenvalue weighted by molar-refractivity contribution is -0.127. The number of carbonyl (C=O) groups excluding carboxylic acids is 3. The van der Waals surface area contributed by atoms with Crippen molar-refractivity contribution >= 4 is 41.2 Å². The van der Waals surface area contributed by atoms with Crippen LogP contribution in [0.1, 0.15) is 43.7 Å². The highest BCUT2D eigenvalue weighted by atomic mass is 35.5. The van der Waals surface area contributed by atoms with Crippen molar-refractivity contribution in [1.82, 2.24) is 10.2 Å². The van der Waals surface area contributed by atoms with Crippen LogP contribution in [-0.4, -0.2) is 29.3 Å². The molecule has 1 aliphatic rings. The normalized spacial score (nSPS) is 14.2. The number of unbranched alkanes of at least 4 members (excludes halogenated alkanes) is 3. The van der Waals surface area contributed by atoms with Crippen LogP contribution in [0.25, 0.3) is 17.2 Å². The van der Waals surface area contributed by atoms with Gasteiger partial charge in [-0.25, -0.2) is 9.69 Å². The standard InChI is InChI=1S/C30H30ClN3O3/c1-2-3-4-5-7-21-10-12-23(13-11-21)24-9-6-8-22(18-24)19-27-29(36)34(30(37)33-27)20-28(35)32-26-16-14-25(31)15-17-26/h6,8-19H,2-5,7,20H2,1H3,(H,32,35)(H,33,37). The minimum atomic E-state index is -0.631. The van der Waals surface area contributed by atoms with Gasteiger partial charge in [0.2, 0.25) is 5.91 Å². The van der Waals surface area contributed by atoms with Crippen molar-refractivity contribution in [3.63, 3.8) is 0 Å². The molecule has 0 bridgehead atoms. The fourth-order valence-electron chi connectivity index (χ4n) is 4.19. The molecule has 4 rings (SSSR count). The lowest BCUT2D eigenvalue weighted by Gasteiger charge is -2.12. The number of anilines is 1. The van der Waals surface area contributed by atoms with Crippen molar-refractivity contribution in [2.75, 3.05) is 11.9 Å². The molecule has 3 aromatic rings. The monoisotopic (exact) mass is 515 g/mol. The van der Waals surface area contributed by atoms with E-state index < -0.39 is 24.4 Å². The molecule has 6 nitrogen and oxygen atoms in total. The number of amides is 4. The molecule has 0 aromatic heterocycles. The number of carbonyl (C=O) groups is 3. The molecule has 0 unspecified atom stereocenters. The van der Waals surface area contributed by atoms with Gasteiger partial charge < -0.3 is 10.6 Å². The van der Waals surface area contributed by atoms with E-state index in [1.807, 2.05) is 24.3 Å². The van der Waals surface area contributed by atoms with Gasteiger partial charge in [0.05, 0.1) is 0 Å². The number of urea groups is 1. The largest absolute Gasteiger partial charge is 0.329 e. The van der Waals surface area contributed by atoms with E-state index in [1.165, 1.54) is 31.2 Å². The summed E-state index contributed by atoms with van der Waals surface area (Å²) < 4.78 is 0. The Morgan fingerprint density at radius 1 is 0.946 bits per heavy atom. The summed E-state index contributed by atoms with van der Waals surface area (Å²) in [5.74, 6) is -1.03. The van der Waals surface area contributed by atoms with Crippen LogP contribution in [0.5, 0.6) is 0 Å². The number of nitrogens with zero attached hydrogens (tertiary/aromatic N) is 1. The summed E-state index contributed by atoms with van der Waals surface area (Å²) in [6.07, 6.45) is 7.69. The minimum Gasteiger partial charge on any atom is -0.325 e. The molecule has 190 valence electrons. The zero-order valence-corrected chi connectivity index (χ0v) is 21.6. The van der Waals surface area contributed by atoms with Gasteiger partial charge in [0, 0.05) is 10.7 Å². The van der Waals surface area contributed by atoms with E-state index in [4.69, 9.17) is 11.6 Å². The van der Waals surface area contributed by atoms with E-state index in [0.717, 1.165) is 28.0 Å². The molecular weight excluding hydrogens is 486 g/mol. The van der Waals surface area contributed by atoms with Crippen molar-refractivity contribution in [3.8, 4) is 11.1 Å². The third kappa shape index (κ3) is 7.08. The quantitative estimate of drug-likeness (QED) is 0.180. The molecule has 1 heterocycles. The average Bonchev–Trinajstić information content (AvgIpc) is 3.15. The predicted octanol–water partition coefficient (Wildman–Crippen LogP) is 6.66. The van der Waals surface area contributed by atoms with Gasteiger partial charge in [-0.2, -0.15) is 0 Å². The van der Waals surface area contributed by atoms with Gasteiger partial charge in [0.25, 0.3) is 5.91 Å². The first-order valence-corrected chi connectivity index (χ1v) is 12.9. The second-order valence-corrected chi connectivity index (χ2v) is 9.50. The summed E-state index contributed by atoms with van der Waals surface area (Å²) in [5, 5.41) is 5.77. The minimum absolute atomic E-state index is 0.129. The fourth-order valence-corrected chi connectivity index (χ4v) is 4.31. The van der Waals surface area contributed by atoms with Crippen LogP contribution in [0.4, 0.5) is 10.5 Å². The van der Waals surface area contributed by atoms with Crippen LogP contribution in [0.15, 0.2) is 78.5 Å². The molecule has 0 aliphatic carbocycles. The number of aryl methyl sites for hydroxylation is 1. The maximum absolute atomic E-state index is 12.8. The number of benzene rings is 3. The van der Waals surface area contributed by atoms with E-state index in [0.29, 0.717) is 10.7 Å². The van der Waals surface area contributed by atoms with Gasteiger partial charge in [-0.05, 0) is 71.5 Å². The van der Waals surface area contributed by atoms with Crippen LogP contribution in [0.3, 0.4) is 0 Å². The first-order valence-electron chi connectivity index (χ1n) is 12.5. The Bertz CT molecular complexity index is 1300. The van der Waals surface area contributed by atoms with Gasteiger partial charge >= 0.3 is 6.03 Å². The molecule has 1 saturated heterocycles. The lowest BCUT2D eigenvalue weighted by atomic mass is 9.99. The van der Waals surface area contributed by atoms with Crippen LogP contribution in [0.2, 0.25) is 5.02 Å². The topological polar surface area (TPSA) is 78.5 Å². The third-order valence-electron chi connectivity index (χ3n) is 6.20. The molecule has 2 N–H and O–H groups in total. The van der Waals surface area contributed by atoms with Gasteiger partial charge in [0.15, 0.2) is 0 Å². The summed E-state index contributed by atoms with van der Waals surface area (Å²) in [6, 6.07) is 22.3. The molecule has 0 saturated carbocycles. The van der Waals surface area contributed by atoms with Crippen LogP contribution in [0, 0.1) is 0 Å². The highest BCUT2D eigenvalue weighted by molar-refractivity contribution is 6.30. The zero-order valence-electron chi connectivity index (χ0n) is 20.8. The molecule has 0 spiro atoms. The Balaban J connectivity index is 1.40. The maximum Gasteiger partial charge on any atom is 0.329 e. The lowest BCUT2D eigenvalue weighted by Crippen LogP contribution is -2.38. The number of nitrogens with one attached hydrogen (secondary N) is 2. The van der Waals surface area contributed by atoms with Gasteiger partial charge in [-0.1, -0.05) is 80.3 Å². The number of rotatable bonds is 10. The molecular formula is C30H30ClN3O3. The molecule has 1 aliphatic heterocycles. The van der Waals surface area contributed by atoms with Crippen molar-refractivity contribution in [3.05, 3.63) is 94.6 Å². The third-order valence-corrected chi connectivity index (χ3v) is 6.45. The Morgan fingerprint density at radius 2 is 1.70 bits per heavy atom. The Hall–Kier alpha value is -3.90. The second kappa shape index (κ2) is 12.4. The Morgan fingerprint density at radius 3 is 2.43 bits per heavy atom. The number of halogens is 1. The SMILES string of the molecule is CCCCCCc1ccc(-c2cccc(C=C3NC(=O)N(CC(=O)Nc4ccc(Cl)cc4)C3=O)c2)cc1. The molecule has 1 fully saturated rings. The molecule has 37 heavy (non-hydrogen) atoms. The summed E-state index contributed by atoms with van der Waals surface area (Å²) in [6.45, 7) is 1.82. The first kappa shape index (κ1) is 26.2. The van der Waals surface area contributed by atoms with E-state index in [-0.39, 0.29) is 5.70 Å². The highest BCUT2D eigenvalue weighted by Crippen LogP contribution is 2.24. The summed E-state index contributed by atoms with van der Waals surface area (Å²) >= 11 is 5.86. The number of hydrogen-bond donors (Lipinski definition) is 2. The van der Waals surface area contributed by atoms with Gasteiger partial charge in [-0.15, -0.1) is 0 Å². The van der Waals surface area contributed by atoms with Crippen molar-refractivity contribution in [1.29, 1.82) is 0 Å². The van der Waals surface area contributed by atoms with Gasteiger partial charge in [0.1, 0.15) is 12.2 Å².